The van der Waals surface area contributed by atoms with Crippen molar-refractivity contribution in [1.82, 2.24) is 5.43 Å². The zero-order chi connectivity index (χ0) is 10.7. The maximum absolute atomic E-state index is 5.63. The molecule has 1 aliphatic rings. The van der Waals surface area contributed by atoms with Crippen LogP contribution >= 0.6 is 11.3 Å². The summed E-state index contributed by atoms with van der Waals surface area (Å²) in [6.45, 7) is 4.01. The summed E-state index contributed by atoms with van der Waals surface area (Å²) in [6, 6.07) is 2.16. The SMILES string of the molecule is Cc1cc(C(NN)C2COCCO2)cs1. The van der Waals surface area contributed by atoms with Gasteiger partial charge in [0, 0.05) is 4.88 Å². The smallest absolute Gasteiger partial charge is 0.102 e. The van der Waals surface area contributed by atoms with Gasteiger partial charge in [0.2, 0.25) is 0 Å². The van der Waals surface area contributed by atoms with Gasteiger partial charge in [0.25, 0.3) is 0 Å². The summed E-state index contributed by atoms with van der Waals surface area (Å²) in [6.07, 6.45) is 0.0118. The van der Waals surface area contributed by atoms with Gasteiger partial charge >= 0.3 is 0 Å². The second-order valence-corrected chi connectivity index (χ2v) is 4.73. The highest BCUT2D eigenvalue weighted by Crippen LogP contribution is 2.25. The fourth-order valence-corrected chi connectivity index (χ4v) is 2.48. The molecule has 1 aliphatic heterocycles. The van der Waals surface area contributed by atoms with E-state index in [0.717, 1.165) is 0 Å². The third kappa shape index (κ3) is 2.56. The minimum Gasteiger partial charge on any atom is -0.376 e. The molecule has 1 saturated heterocycles. The van der Waals surface area contributed by atoms with Crippen molar-refractivity contribution in [3.05, 3.63) is 21.9 Å². The first-order chi connectivity index (χ1) is 7.31. The van der Waals surface area contributed by atoms with E-state index in [1.807, 2.05) is 0 Å². The number of ether oxygens (including phenoxy) is 2. The molecule has 2 heterocycles. The average Bonchev–Trinajstić information content (AvgIpc) is 2.68. The Balaban J connectivity index is 2.08. The van der Waals surface area contributed by atoms with Gasteiger partial charge in [-0.25, -0.2) is 0 Å². The van der Waals surface area contributed by atoms with Gasteiger partial charge in [-0.15, -0.1) is 11.3 Å². The topological polar surface area (TPSA) is 56.5 Å². The molecule has 0 radical (unpaired) electrons. The lowest BCUT2D eigenvalue weighted by atomic mass is 10.1. The van der Waals surface area contributed by atoms with Crippen LogP contribution in [0.3, 0.4) is 0 Å². The summed E-state index contributed by atoms with van der Waals surface area (Å²) in [4.78, 5) is 1.28. The molecule has 2 rings (SSSR count). The highest BCUT2D eigenvalue weighted by atomic mass is 32.1. The van der Waals surface area contributed by atoms with Crippen LogP contribution in [0.25, 0.3) is 0 Å². The molecule has 4 nitrogen and oxygen atoms in total. The zero-order valence-electron chi connectivity index (χ0n) is 8.73. The molecule has 0 amide bonds. The lowest BCUT2D eigenvalue weighted by Crippen LogP contribution is -2.43. The van der Waals surface area contributed by atoms with E-state index < -0.39 is 0 Å². The number of nitrogens with one attached hydrogen (secondary N) is 1. The lowest BCUT2D eigenvalue weighted by Gasteiger charge is -2.29. The molecule has 0 spiro atoms. The number of nitrogens with two attached hydrogens (primary N) is 1. The third-order valence-corrected chi connectivity index (χ3v) is 3.38. The Morgan fingerprint density at radius 1 is 1.60 bits per heavy atom. The van der Waals surface area contributed by atoms with Crippen molar-refractivity contribution in [2.75, 3.05) is 19.8 Å². The van der Waals surface area contributed by atoms with Crippen LogP contribution in [0.15, 0.2) is 11.4 Å². The minimum atomic E-state index is 0.0118. The van der Waals surface area contributed by atoms with Gasteiger partial charge in [-0.05, 0) is 23.9 Å². The van der Waals surface area contributed by atoms with Gasteiger partial charge in [-0.2, -0.15) is 0 Å². The van der Waals surface area contributed by atoms with Crippen molar-refractivity contribution in [3.63, 3.8) is 0 Å². The van der Waals surface area contributed by atoms with E-state index in [1.54, 1.807) is 11.3 Å². The van der Waals surface area contributed by atoms with Gasteiger partial charge in [-0.3, -0.25) is 11.3 Å². The molecule has 0 aromatic carbocycles. The minimum absolute atomic E-state index is 0.0118. The van der Waals surface area contributed by atoms with E-state index in [-0.39, 0.29) is 12.1 Å². The van der Waals surface area contributed by atoms with Crippen LogP contribution in [0, 0.1) is 6.92 Å². The first-order valence-electron chi connectivity index (χ1n) is 5.02. The molecule has 2 atom stereocenters. The van der Waals surface area contributed by atoms with Gasteiger partial charge in [0.1, 0.15) is 6.10 Å². The van der Waals surface area contributed by atoms with Crippen molar-refractivity contribution in [3.8, 4) is 0 Å². The molecule has 0 bridgehead atoms. The van der Waals surface area contributed by atoms with Crippen molar-refractivity contribution in [2.45, 2.75) is 19.1 Å². The van der Waals surface area contributed by atoms with Gasteiger partial charge in [0.15, 0.2) is 0 Å². The Morgan fingerprint density at radius 2 is 2.47 bits per heavy atom. The van der Waals surface area contributed by atoms with Gasteiger partial charge in [-0.1, -0.05) is 0 Å². The number of hydrazine groups is 1. The summed E-state index contributed by atoms with van der Waals surface area (Å²) in [5, 5.41) is 2.11. The van der Waals surface area contributed by atoms with Crippen molar-refractivity contribution < 1.29 is 9.47 Å². The average molecular weight is 228 g/mol. The van der Waals surface area contributed by atoms with E-state index >= 15 is 0 Å². The molecule has 0 aliphatic carbocycles. The third-order valence-electron chi connectivity index (χ3n) is 2.50. The van der Waals surface area contributed by atoms with Crippen molar-refractivity contribution in [2.24, 2.45) is 5.84 Å². The second-order valence-electron chi connectivity index (χ2n) is 3.62. The van der Waals surface area contributed by atoms with Crippen LogP contribution in [0.2, 0.25) is 0 Å². The first-order valence-corrected chi connectivity index (χ1v) is 5.89. The molecule has 1 aromatic rings. The Kier molecular flexibility index (Phi) is 3.71. The van der Waals surface area contributed by atoms with Crippen molar-refractivity contribution in [1.29, 1.82) is 0 Å². The lowest BCUT2D eigenvalue weighted by molar-refractivity contribution is -0.102. The number of thiophene rings is 1. The predicted molar refractivity (Wildman–Crippen MR) is 59.7 cm³/mol. The van der Waals surface area contributed by atoms with E-state index in [2.05, 4.69) is 23.8 Å². The maximum atomic E-state index is 5.63. The van der Waals surface area contributed by atoms with E-state index in [1.165, 1.54) is 10.4 Å². The Bertz CT molecular complexity index is 310. The number of hydrogen-bond donors (Lipinski definition) is 2. The van der Waals surface area contributed by atoms with Crippen LogP contribution in [-0.4, -0.2) is 25.9 Å². The summed E-state index contributed by atoms with van der Waals surface area (Å²) in [5.41, 5.74) is 3.98. The monoisotopic (exact) mass is 228 g/mol. The second kappa shape index (κ2) is 5.05. The fraction of sp³-hybridized carbons (Fsp3) is 0.600. The van der Waals surface area contributed by atoms with Gasteiger partial charge in [0.05, 0.1) is 25.9 Å². The normalized spacial score (nSPS) is 24.0. The molecule has 0 saturated carbocycles. The highest BCUT2D eigenvalue weighted by molar-refractivity contribution is 7.10. The molecule has 5 heteroatoms. The molecule has 15 heavy (non-hydrogen) atoms. The number of hydrogen-bond acceptors (Lipinski definition) is 5. The maximum Gasteiger partial charge on any atom is 0.102 e. The Hall–Kier alpha value is -0.460. The molecule has 3 N–H and O–H groups in total. The largest absolute Gasteiger partial charge is 0.376 e. The Labute approximate surface area is 93.3 Å². The quantitative estimate of drug-likeness (QED) is 0.598. The van der Waals surface area contributed by atoms with Crippen LogP contribution in [0.5, 0.6) is 0 Å². The molecule has 84 valence electrons. The summed E-state index contributed by atoms with van der Waals surface area (Å²) < 4.78 is 11.0. The van der Waals surface area contributed by atoms with E-state index in [0.29, 0.717) is 19.8 Å². The van der Waals surface area contributed by atoms with Gasteiger partial charge < -0.3 is 9.47 Å². The van der Waals surface area contributed by atoms with E-state index in [4.69, 9.17) is 15.3 Å². The first kappa shape index (κ1) is 11.0. The fourth-order valence-electron chi connectivity index (χ4n) is 1.74. The molecule has 1 fully saturated rings. The summed E-state index contributed by atoms with van der Waals surface area (Å²) in [7, 11) is 0. The summed E-state index contributed by atoms with van der Waals surface area (Å²) >= 11 is 1.72. The molecule has 2 unspecified atom stereocenters. The van der Waals surface area contributed by atoms with Crippen LogP contribution < -0.4 is 11.3 Å². The van der Waals surface area contributed by atoms with Crippen molar-refractivity contribution >= 4 is 11.3 Å². The number of rotatable bonds is 3. The Morgan fingerprint density at radius 3 is 3.00 bits per heavy atom. The highest BCUT2D eigenvalue weighted by Gasteiger charge is 2.26. The molecular weight excluding hydrogens is 212 g/mol. The zero-order valence-corrected chi connectivity index (χ0v) is 9.55. The molecular formula is C10H16N2O2S. The van der Waals surface area contributed by atoms with Crippen LogP contribution in [0.4, 0.5) is 0 Å². The van der Waals surface area contributed by atoms with Crippen LogP contribution in [-0.2, 0) is 9.47 Å². The summed E-state index contributed by atoms with van der Waals surface area (Å²) in [5.74, 6) is 5.56. The van der Waals surface area contributed by atoms with E-state index in [9.17, 15) is 0 Å². The number of aryl methyl sites for hydroxylation is 1. The van der Waals surface area contributed by atoms with Crippen LogP contribution in [0.1, 0.15) is 16.5 Å². The predicted octanol–water partition coefficient (Wildman–Crippen LogP) is 0.976. The molecule has 1 aromatic heterocycles. The standard InChI is InChI=1S/C10H16N2O2S/c1-7-4-8(6-15-7)10(12-11)9-5-13-2-3-14-9/h4,6,9-10,12H,2-3,5,11H2,1H3.